The lowest BCUT2D eigenvalue weighted by molar-refractivity contribution is 0.0431. The first kappa shape index (κ1) is 24.1. The molecule has 0 spiro atoms. The average molecular weight is 498 g/mol. The largest absolute Gasteiger partial charge is 0.383 e. The summed E-state index contributed by atoms with van der Waals surface area (Å²) in [5.41, 5.74) is 2.93. The number of hydrogen-bond acceptors (Lipinski definition) is 6. The van der Waals surface area contributed by atoms with Gasteiger partial charge in [0.25, 0.3) is 5.91 Å². The topological polar surface area (TPSA) is 78.0 Å². The molecule has 2 saturated heterocycles. The van der Waals surface area contributed by atoms with Crippen LogP contribution in [0.4, 0.5) is 15.6 Å². The molecular formula is C26H35N5O3S. The number of aryl methyl sites for hydroxylation is 1. The zero-order chi connectivity index (χ0) is 24.4. The van der Waals surface area contributed by atoms with Gasteiger partial charge in [-0.3, -0.25) is 4.79 Å². The monoisotopic (exact) mass is 497 g/mol. The Bertz CT molecular complexity index is 1060. The maximum absolute atomic E-state index is 13.4. The minimum Gasteiger partial charge on any atom is -0.383 e. The van der Waals surface area contributed by atoms with Gasteiger partial charge in [-0.25, -0.2) is 9.78 Å². The van der Waals surface area contributed by atoms with E-state index in [1.807, 2.05) is 34.9 Å². The highest BCUT2D eigenvalue weighted by Gasteiger charge is 2.33. The number of urea groups is 1. The van der Waals surface area contributed by atoms with Gasteiger partial charge in [-0.2, -0.15) is 0 Å². The predicted molar refractivity (Wildman–Crippen MR) is 139 cm³/mol. The number of piperidine rings is 2. The Kier molecular flexibility index (Phi) is 7.24. The molecule has 1 N–H and O–H groups in total. The number of likely N-dealkylation sites (tertiary alicyclic amines) is 1. The molecule has 5 rings (SSSR count). The Morgan fingerprint density at radius 1 is 1.14 bits per heavy atom. The summed E-state index contributed by atoms with van der Waals surface area (Å²) in [7, 11) is 1.70. The molecule has 3 aliphatic rings. The van der Waals surface area contributed by atoms with Gasteiger partial charge in [0.1, 0.15) is 4.88 Å². The molecule has 3 aliphatic heterocycles. The second-order valence-corrected chi connectivity index (χ2v) is 10.7. The normalized spacial score (nSPS) is 21.5. The maximum atomic E-state index is 13.4. The molecule has 2 fully saturated rings. The van der Waals surface area contributed by atoms with Crippen LogP contribution in [0.2, 0.25) is 0 Å². The van der Waals surface area contributed by atoms with E-state index in [2.05, 4.69) is 16.3 Å². The van der Waals surface area contributed by atoms with Gasteiger partial charge < -0.3 is 24.8 Å². The number of nitrogens with one attached hydrogen (secondary N) is 1. The molecule has 188 valence electrons. The Hall–Kier alpha value is -2.65. The smallest absolute Gasteiger partial charge is 0.322 e. The van der Waals surface area contributed by atoms with Crippen molar-refractivity contribution < 1.29 is 14.3 Å². The number of thiazole rings is 1. The number of carbonyl (C=O) groups is 2. The van der Waals surface area contributed by atoms with E-state index in [1.165, 1.54) is 16.9 Å². The summed E-state index contributed by atoms with van der Waals surface area (Å²) < 4.78 is 5.38. The highest BCUT2D eigenvalue weighted by atomic mass is 32.1. The number of para-hydroxylation sites is 1. The van der Waals surface area contributed by atoms with E-state index < -0.39 is 0 Å². The molecule has 1 atom stereocenters. The average Bonchev–Trinajstić information content (AvgIpc) is 3.18. The number of methoxy groups -OCH3 is 1. The summed E-state index contributed by atoms with van der Waals surface area (Å²) in [5, 5.41) is 4.01. The summed E-state index contributed by atoms with van der Waals surface area (Å²) in [6.07, 6.45) is 5.83. The van der Waals surface area contributed by atoms with Crippen LogP contribution >= 0.6 is 11.3 Å². The molecule has 0 aliphatic carbocycles. The van der Waals surface area contributed by atoms with Crippen molar-refractivity contribution in [2.24, 2.45) is 0 Å². The molecule has 9 heteroatoms. The number of hydrogen-bond donors (Lipinski definition) is 1. The predicted octanol–water partition coefficient (Wildman–Crippen LogP) is 4.15. The number of ether oxygens (including phenoxy) is 1. The van der Waals surface area contributed by atoms with Crippen molar-refractivity contribution in [3.05, 3.63) is 40.4 Å². The number of carbonyl (C=O) groups excluding carboxylic acids is 2. The van der Waals surface area contributed by atoms with Gasteiger partial charge in [0.2, 0.25) is 0 Å². The summed E-state index contributed by atoms with van der Waals surface area (Å²) >= 11 is 1.51. The number of nitrogens with zero attached hydrogens (tertiary/aromatic N) is 4. The standard InChI is InChI=1S/C26H35N5O3S/c1-18-23(24(32)30-13-6-5-8-21(30)17-34-2)35-26(27-18)29-14-11-20(12-15-29)31-16-10-19-7-3-4-9-22(19)28-25(31)33/h3-4,7,9,20-21H,5-6,8,10-17H2,1-2H3,(H,28,33). The highest BCUT2D eigenvalue weighted by Crippen LogP contribution is 2.32. The fourth-order valence-corrected chi connectivity index (χ4v) is 6.66. The molecule has 3 amide bonds. The molecule has 0 radical (unpaired) electrons. The number of amides is 3. The lowest BCUT2D eigenvalue weighted by atomic mass is 10.0. The Morgan fingerprint density at radius 2 is 1.94 bits per heavy atom. The van der Waals surface area contributed by atoms with Crippen molar-refractivity contribution >= 4 is 34.1 Å². The van der Waals surface area contributed by atoms with Gasteiger partial charge in [-0.05, 0) is 57.1 Å². The van der Waals surface area contributed by atoms with Crippen molar-refractivity contribution in [1.29, 1.82) is 0 Å². The number of fused-ring (bicyclic) bond motifs is 1. The van der Waals surface area contributed by atoms with E-state index in [0.29, 0.717) is 6.61 Å². The van der Waals surface area contributed by atoms with E-state index in [1.54, 1.807) is 7.11 Å². The highest BCUT2D eigenvalue weighted by molar-refractivity contribution is 7.17. The minimum atomic E-state index is -0.00137. The molecule has 0 bridgehead atoms. The van der Waals surface area contributed by atoms with Crippen molar-refractivity contribution in [1.82, 2.24) is 14.8 Å². The number of benzene rings is 1. The molecule has 4 heterocycles. The minimum absolute atomic E-state index is 0.00137. The Labute approximate surface area is 211 Å². The zero-order valence-electron chi connectivity index (χ0n) is 20.7. The van der Waals surface area contributed by atoms with Crippen LogP contribution in [0.15, 0.2) is 24.3 Å². The lowest BCUT2D eigenvalue weighted by Crippen LogP contribution is -2.48. The summed E-state index contributed by atoms with van der Waals surface area (Å²) in [6, 6.07) is 8.41. The van der Waals surface area contributed by atoms with E-state index >= 15 is 0 Å². The van der Waals surface area contributed by atoms with Crippen LogP contribution in [0, 0.1) is 6.92 Å². The van der Waals surface area contributed by atoms with Crippen molar-refractivity contribution in [2.75, 3.05) is 50.1 Å². The van der Waals surface area contributed by atoms with Crippen LogP contribution in [-0.4, -0.2) is 78.7 Å². The van der Waals surface area contributed by atoms with E-state index in [4.69, 9.17) is 9.72 Å². The fraction of sp³-hybridized carbons (Fsp3) is 0.577. The molecule has 35 heavy (non-hydrogen) atoms. The lowest BCUT2D eigenvalue weighted by Gasteiger charge is -2.37. The van der Waals surface area contributed by atoms with Gasteiger partial charge in [-0.15, -0.1) is 0 Å². The molecule has 1 aromatic carbocycles. The molecule has 8 nitrogen and oxygen atoms in total. The van der Waals surface area contributed by atoms with E-state index in [9.17, 15) is 9.59 Å². The van der Waals surface area contributed by atoms with Gasteiger partial charge >= 0.3 is 6.03 Å². The first-order valence-corrected chi connectivity index (χ1v) is 13.5. The van der Waals surface area contributed by atoms with E-state index in [-0.39, 0.29) is 24.0 Å². The molecular weight excluding hydrogens is 462 g/mol. The number of anilines is 2. The number of rotatable bonds is 5. The van der Waals surface area contributed by atoms with Crippen LogP contribution in [0.5, 0.6) is 0 Å². The molecule has 1 unspecified atom stereocenters. The quantitative estimate of drug-likeness (QED) is 0.672. The van der Waals surface area contributed by atoms with Crippen molar-refractivity contribution in [3.8, 4) is 0 Å². The molecule has 1 aromatic heterocycles. The van der Waals surface area contributed by atoms with Crippen LogP contribution in [-0.2, 0) is 11.2 Å². The Morgan fingerprint density at radius 3 is 2.74 bits per heavy atom. The molecule has 2 aromatic rings. The summed E-state index contributed by atoms with van der Waals surface area (Å²) in [6.45, 7) is 5.71. The third-order valence-electron chi connectivity index (χ3n) is 7.54. The summed E-state index contributed by atoms with van der Waals surface area (Å²) in [4.78, 5) is 38.1. The zero-order valence-corrected chi connectivity index (χ0v) is 21.5. The van der Waals surface area contributed by atoms with Crippen molar-refractivity contribution in [3.63, 3.8) is 0 Å². The first-order chi connectivity index (χ1) is 17.0. The van der Waals surface area contributed by atoms with Gasteiger partial charge in [0.15, 0.2) is 5.13 Å². The third kappa shape index (κ3) is 5.02. The second-order valence-electron chi connectivity index (χ2n) is 9.76. The van der Waals surface area contributed by atoms with Crippen LogP contribution in [0.1, 0.15) is 53.0 Å². The van der Waals surface area contributed by atoms with Crippen LogP contribution < -0.4 is 10.2 Å². The van der Waals surface area contributed by atoms with Crippen LogP contribution in [0.3, 0.4) is 0 Å². The van der Waals surface area contributed by atoms with Crippen LogP contribution in [0.25, 0.3) is 0 Å². The fourth-order valence-electron chi connectivity index (χ4n) is 5.59. The third-order valence-corrected chi connectivity index (χ3v) is 8.75. The SMILES string of the molecule is COCC1CCCCN1C(=O)c1sc(N2CCC(N3CCc4ccccc4NC3=O)CC2)nc1C. The molecule has 0 saturated carbocycles. The van der Waals surface area contributed by atoms with Gasteiger partial charge in [0, 0.05) is 45.0 Å². The number of aromatic nitrogens is 1. The second kappa shape index (κ2) is 10.5. The van der Waals surface area contributed by atoms with Gasteiger partial charge in [-0.1, -0.05) is 29.5 Å². The first-order valence-electron chi connectivity index (χ1n) is 12.7. The maximum Gasteiger partial charge on any atom is 0.322 e. The van der Waals surface area contributed by atoms with Gasteiger partial charge in [0.05, 0.1) is 18.3 Å². The Balaban J connectivity index is 1.22. The van der Waals surface area contributed by atoms with E-state index in [0.717, 1.165) is 86.1 Å². The summed E-state index contributed by atoms with van der Waals surface area (Å²) in [5.74, 6) is 0.0867. The van der Waals surface area contributed by atoms with Crippen molar-refractivity contribution in [2.45, 2.75) is 57.5 Å².